The Hall–Kier alpha value is -2.08. The van der Waals surface area contributed by atoms with Gasteiger partial charge in [0.2, 0.25) is 5.95 Å². The first-order chi connectivity index (χ1) is 10.2. The summed E-state index contributed by atoms with van der Waals surface area (Å²) in [6.45, 7) is 0.782. The molecule has 3 rings (SSSR count). The molecule has 2 aromatic heterocycles. The highest BCUT2D eigenvalue weighted by Crippen LogP contribution is 2.13. The third-order valence-corrected chi connectivity index (χ3v) is 3.62. The molecular formula is C15H15BrN4O. The van der Waals surface area contributed by atoms with E-state index >= 15 is 0 Å². The predicted octanol–water partition coefficient (Wildman–Crippen LogP) is 3.16. The maximum absolute atomic E-state index is 5.14. The molecule has 0 aliphatic heterocycles. The smallest absolute Gasteiger partial charge is 0.243 e. The minimum absolute atomic E-state index is 0.640. The summed E-state index contributed by atoms with van der Waals surface area (Å²) in [5.41, 5.74) is 2.07. The van der Waals surface area contributed by atoms with E-state index in [2.05, 4.69) is 43.5 Å². The number of aromatic nitrogens is 3. The third-order valence-electron chi connectivity index (χ3n) is 3.15. The van der Waals surface area contributed by atoms with Gasteiger partial charge in [-0.1, -0.05) is 12.1 Å². The molecule has 0 spiro atoms. The SMILES string of the molecule is COc1ccc(CCNc2nc3ccc(Br)cn3n2)cc1. The summed E-state index contributed by atoms with van der Waals surface area (Å²) in [5, 5.41) is 7.62. The Balaban J connectivity index is 1.60. The molecule has 1 N–H and O–H groups in total. The monoisotopic (exact) mass is 346 g/mol. The fraction of sp³-hybridized carbons (Fsp3) is 0.200. The number of ether oxygens (including phenoxy) is 1. The van der Waals surface area contributed by atoms with Gasteiger partial charge in [0, 0.05) is 17.2 Å². The molecule has 2 heterocycles. The van der Waals surface area contributed by atoms with Crippen molar-refractivity contribution in [3.8, 4) is 5.75 Å². The van der Waals surface area contributed by atoms with Crippen LogP contribution in [0.1, 0.15) is 5.56 Å². The molecule has 21 heavy (non-hydrogen) atoms. The number of benzene rings is 1. The lowest BCUT2D eigenvalue weighted by atomic mass is 10.1. The number of anilines is 1. The van der Waals surface area contributed by atoms with Crippen LogP contribution in [0.5, 0.6) is 5.75 Å². The quantitative estimate of drug-likeness (QED) is 0.770. The van der Waals surface area contributed by atoms with Gasteiger partial charge in [-0.25, -0.2) is 4.52 Å². The predicted molar refractivity (Wildman–Crippen MR) is 85.9 cm³/mol. The van der Waals surface area contributed by atoms with Crippen LogP contribution in [0.25, 0.3) is 5.65 Å². The Morgan fingerprint density at radius 3 is 2.76 bits per heavy atom. The minimum Gasteiger partial charge on any atom is -0.497 e. The normalized spacial score (nSPS) is 10.8. The van der Waals surface area contributed by atoms with E-state index in [0.29, 0.717) is 5.95 Å². The number of hydrogen-bond donors (Lipinski definition) is 1. The van der Waals surface area contributed by atoms with E-state index in [-0.39, 0.29) is 0 Å². The van der Waals surface area contributed by atoms with Crippen molar-refractivity contribution >= 4 is 27.5 Å². The minimum atomic E-state index is 0.640. The summed E-state index contributed by atoms with van der Waals surface area (Å²) < 4.78 is 7.87. The number of nitrogens with zero attached hydrogens (tertiary/aromatic N) is 3. The van der Waals surface area contributed by atoms with Crippen LogP contribution < -0.4 is 10.1 Å². The number of hydrogen-bond acceptors (Lipinski definition) is 4. The van der Waals surface area contributed by atoms with Gasteiger partial charge in [-0.3, -0.25) is 0 Å². The number of pyridine rings is 1. The van der Waals surface area contributed by atoms with E-state index in [9.17, 15) is 0 Å². The highest BCUT2D eigenvalue weighted by molar-refractivity contribution is 9.10. The van der Waals surface area contributed by atoms with Crippen molar-refractivity contribution in [2.24, 2.45) is 0 Å². The first-order valence-corrected chi connectivity index (χ1v) is 7.42. The van der Waals surface area contributed by atoms with Gasteiger partial charge in [0.05, 0.1) is 7.11 Å². The zero-order chi connectivity index (χ0) is 14.7. The number of fused-ring (bicyclic) bond motifs is 1. The number of nitrogens with one attached hydrogen (secondary N) is 1. The van der Waals surface area contributed by atoms with Crippen molar-refractivity contribution in [2.75, 3.05) is 19.0 Å². The van der Waals surface area contributed by atoms with Crippen LogP contribution in [0, 0.1) is 0 Å². The molecule has 108 valence electrons. The molecule has 3 aromatic rings. The Morgan fingerprint density at radius 2 is 2.00 bits per heavy atom. The van der Waals surface area contributed by atoms with Crippen LogP contribution >= 0.6 is 15.9 Å². The molecule has 1 aromatic carbocycles. The summed E-state index contributed by atoms with van der Waals surface area (Å²) in [4.78, 5) is 4.41. The van der Waals surface area contributed by atoms with Crippen LogP contribution in [0.2, 0.25) is 0 Å². The molecule has 0 radical (unpaired) electrons. The molecule has 0 unspecified atom stereocenters. The zero-order valence-corrected chi connectivity index (χ0v) is 13.2. The molecule has 5 nitrogen and oxygen atoms in total. The lowest BCUT2D eigenvalue weighted by molar-refractivity contribution is 0.414. The van der Waals surface area contributed by atoms with Crippen LogP contribution in [0.4, 0.5) is 5.95 Å². The van der Waals surface area contributed by atoms with Gasteiger partial charge in [-0.05, 0) is 52.2 Å². The molecule has 0 aliphatic carbocycles. The van der Waals surface area contributed by atoms with Crippen molar-refractivity contribution in [1.29, 1.82) is 0 Å². The number of halogens is 1. The van der Waals surface area contributed by atoms with Crippen LogP contribution in [0.3, 0.4) is 0 Å². The molecule has 0 amide bonds. The Morgan fingerprint density at radius 1 is 1.19 bits per heavy atom. The van der Waals surface area contributed by atoms with Crippen LogP contribution in [-0.2, 0) is 6.42 Å². The summed E-state index contributed by atoms with van der Waals surface area (Å²) in [5.74, 6) is 1.51. The summed E-state index contributed by atoms with van der Waals surface area (Å²) in [6.07, 6.45) is 2.79. The van der Waals surface area contributed by atoms with Crippen molar-refractivity contribution < 1.29 is 4.74 Å². The average molecular weight is 347 g/mol. The van der Waals surface area contributed by atoms with Gasteiger partial charge in [0.1, 0.15) is 5.75 Å². The largest absolute Gasteiger partial charge is 0.497 e. The van der Waals surface area contributed by atoms with Crippen molar-refractivity contribution in [3.63, 3.8) is 0 Å². The second-order valence-corrected chi connectivity index (χ2v) is 5.53. The van der Waals surface area contributed by atoms with Gasteiger partial charge in [-0.2, -0.15) is 4.98 Å². The van der Waals surface area contributed by atoms with E-state index in [4.69, 9.17) is 4.74 Å². The van der Waals surface area contributed by atoms with Gasteiger partial charge < -0.3 is 10.1 Å². The Kier molecular flexibility index (Phi) is 4.06. The second-order valence-electron chi connectivity index (χ2n) is 4.61. The van der Waals surface area contributed by atoms with Gasteiger partial charge in [0.25, 0.3) is 0 Å². The molecule has 0 bridgehead atoms. The van der Waals surface area contributed by atoms with E-state index < -0.39 is 0 Å². The van der Waals surface area contributed by atoms with E-state index in [1.165, 1.54) is 5.56 Å². The molecule has 0 aliphatic rings. The highest BCUT2D eigenvalue weighted by Gasteiger charge is 2.03. The third kappa shape index (κ3) is 3.33. The molecule has 0 atom stereocenters. The van der Waals surface area contributed by atoms with Crippen molar-refractivity contribution in [1.82, 2.24) is 14.6 Å². The number of rotatable bonds is 5. The van der Waals surface area contributed by atoms with Gasteiger partial charge in [0.15, 0.2) is 5.65 Å². The highest BCUT2D eigenvalue weighted by atomic mass is 79.9. The second kappa shape index (κ2) is 6.13. The van der Waals surface area contributed by atoms with Crippen molar-refractivity contribution in [3.05, 3.63) is 52.6 Å². The average Bonchev–Trinajstić information content (AvgIpc) is 2.89. The molecule has 6 heteroatoms. The topological polar surface area (TPSA) is 51.5 Å². The number of methoxy groups -OCH3 is 1. The summed E-state index contributed by atoms with van der Waals surface area (Å²) in [7, 11) is 1.67. The standard InChI is InChI=1S/C15H15BrN4O/c1-21-13-5-2-11(3-6-13)8-9-17-15-18-14-7-4-12(16)10-20(14)19-15/h2-7,10H,8-9H2,1H3,(H,17,19). The van der Waals surface area contributed by atoms with Crippen LogP contribution in [-0.4, -0.2) is 28.3 Å². The van der Waals surface area contributed by atoms with Gasteiger partial charge in [-0.15, -0.1) is 5.10 Å². The Bertz CT molecular complexity index is 739. The maximum Gasteiger partial charge on any atom is 0.243 e. The molecule has 0 saturated carbocycles. The fourth-order valence-corrected chi connectivity index (χ4v) is 2.37. The van der Waals surface area contributed by atoms with E-state index in [0.717, 1.165) is 28.8 Å². The van der Waals surface area contributed by atoms with Crippen LogP contribution in [0.15, 0.2) is 47.1 Å². The summed E-state index contributed by atoms with van der Waals surface area (Å²) in [6, 6.07) is 11.9. The first kappa shape index (κ1) is 13.9. The molecule has 0 saturated heterocycles. The zero-order valence-electron chi connectivity index (χ0n) is 11.6. The van der Waals surface area contributed by atoms with Gasteiger partial charge >= 0.3 is 0 Å². The van der Waals surface area contributed by atoms with E-state index in [1.807, 2.05) is 30.5 Å². The first-order valence-electron chi connectivity index (χ1n) is 6.63. The lowest BCUT2D eigenvalue weighted by Crippen LogP contribution is -2.06. The molecular weight excluding hydrogens is 332 g/mol. The maximum atomic E-state index is 5.14. The fourth-order valence-electron chi connectivity index (χ4n) is 2.04. The summed E-state index contributed by atoms with van der Waals surface area (Å²) >= 11 is 3.42. The van der Waals surface area contributed by atoms with Crippen molar-refractivity contribution in [2.45, 2.75) is 6.42 Å². The Labute approximate surface area is 131 Å². The molecule has 0 fully saturated rings. The van der Waals surface area contributed by atoms with E-state index in [1.54, 1.807) is 11.6 Å². The lowest BCUT2D eigenvalue weighted by Gasteiger charge is -2.04.